The van der Waals surface area contributed by atoms with Crippen molar-refractivity contribution in [2.45, 2.75) is 53.4 Å². The largest absolute Gasteiger partial charge is 0.265 e. The van der Waals surface area contributed by atoms with E-state index in [2.05, 4.69) is 89.0 Å². The molecule has 0 bridgehead atoms. The van der Waals surface area contributed by atoms with Crippen molar-refractivity contribution < 1.29 is 0 Å². The fraction of sp³-hybridized carbons (Fsp3) is 0.476. The highest BCUT2D eigenvalue weighted by Crippen LogP contribution is 2.23. The first kappa shape index (κ1) is 18.4. The molecule has 22 heavy (non-hydrogen) atoms. The Balaban J connectivity index is 0.000000220. The molecule has 0 N–H and O–H groups in total. The molecule has 1 nitrogen and oxygen atoms in total. The van der Waals surface area contributed by atoms with Crippen LogP contribution in [0.4, 0.5) is 0 Å². The molecule has 2 atom stereocenters. The Morgan fingerprint density at radius 3 is 1.41 bits per heavy atom. The van der Waals surface area contributed by atoms with Crippen molar-refractivity contribution in [2.75, 3.05) is 0 Å². The minimum absolute atomic E-state index is 0.637. The molecule has 1 heterocycles. The van der Waals surface area contributed by atoms with Gasteiger partial charge in [-0.1, -0.05) is 71.9 Å². The molecule has 0 unspecified atom stereocenters. The Labute approximate surface area is 136 Å². The molecule has 2 rings (SSSR count). The van der Waals surface area contributed by atoms with E-state index < -0.39 is 0 Å². The van der Waals surface area contributed by atoms with Crippen molar-refractivity contribution in [2.24, 2.45) is 11.8 Å². The lowest BCUT2D eigenvalue weighted by Crippen LogP contribution is -2.01. The van der Waals surface area contributed by atoms with Crippen LogP contribution in [0.25, 0.3) is 0 Å². The smallest absolute Gasteiger partial charge is 0.0270 e. The van der Waals surface area contributed by atoms with Gasteiger partial charge in [0.25, 0.3) is 0 Å². The zero-order chi connectivity index (χ0) is 16.5. The van der Waals surface area contributed by atoms with Gasteiger partial charge in [0.2, 0.25) is 0 Å². The first-order valence-corrected chi connectivity index (χ1v) is 8.38. The second kappa shape index (κ2) is 9.40. The average molecular weight is 297 g/mol. The quantitative estimate of drug-likeness (QED) is 0.646. The van der Waals surface area contributed by atoms with Gasteiger partial charge in [-0.2, -0.15) is 0 Å². The molecule has 1 aromatic carbocycles. The van der Waals surface area contributed by atoms with Crippen LogP contribution in [0.15, 0.2) is 54.9 Å². The predicted molar refractivity (Wildman–Crippen MR) is 97.2 cm³/mol. The monoisotopic (exact) mass is 297 g/mol. The molecule has 0 aliphatic rings. The number of aromatic nitrogens is 1. The Bertz CT molecular complexity index is 452. The first-order valence-electron chi connectivity index (χ1n) is 8.38. The third-order valence-electron chi connectivity index (χ3n) is 4.56. The van der Waals surface area contributed by atoms with Gasteiger partial charge >= 0.3 is 0 Å². The van der Waals surface area contributed by atoms with Crippen LogP contribution in [0.1, 0.15) is 64.5 Å². The average Bonchev–Trinajstić information content (AvgIpc) is 2.55. The van der Waals surface area contributed by atoms with Crippen molar-refractivity contribution in [1.29, 1.82) is 0 Å². The first-order chi connectivity index (χ1) is 10.4. The Hall–Kier alpha value is -1.63. The zero-order valence-electron chi connectivity index (χ0n) is 15.0. The van der Waals surface area contributed by atoms with Crippen LogP contribution < -0.4 is 0 Å². The summed E-state index contributed by atoms with van der Waals surface area (Å²) < 4.78 is 0. The topological polar surface area (TPSA) is 12.9 Å². The van der Waals surface area contributed by atoms with Crippen LogP contribution >= 0.6 is 0 Å². The van der Waals surface area contributed by atoms with E-state index in [4.69, 9.17) is 0 Å². The molecular weight excluding hydrogens is 266 g/mol. The Kier molecular flexibility index (Phi) is 7.87. The summed E-state index contributed by atoms with van der Waals surface area (Å²) in [5, 5.41) is 0. The highest BCUT2D eigenvalue weighted by atomic mass is 14.6. The van der Waals surface area contributed by atoms with Gasteiger partial charge < -0.3 is 0 Å². The normalized spacial score (nSPS) is 13.5. The molecule has 0 aliphatic heterocycles. The maximum atomic E-state index is 3.99. The van der Waals surface area contributed by atoms with Gasteiger partial charge in [0.15, 0.2) is 0 Å². The lowest BCUT2D eigenvalue weighted by Gasteiger charge is -2.15. The highest BCUT2D eigenvalue weighted by molar-refractivity contribution is 5.19. The van der Waals surface area contributed by atoms with E-state index in [1.165, 1.54) is 11.1 Å². The SMILES string of the molecule is CC(C)[C@@H](C)c1ccccc1.CC(C)[C@@H](C)c1ccncc1. The molecule has 0 fully saturated rings. The number of pyridine rings is 1. The summed E-state index contributed by atoms with van der Waals surface area (Å²) in [4.78, 5) is 3.99. The summed E-state index contributed by atoms with van der Waals surface area (Å²) in [6, 6.07) is 14.9. The van der Waals surface area contributed by atoms with Gasteiger partial charge in [0, 0.05) is 12.4 Å². The fourth-order valence-corrected chi connectivity index (χ4v) is 2.19. The molecule has 1 heteroatoms. The maximum Gasteiger partial charge on any atom is 0.0270 e. The van der Waals surface area contributed by atoms with E-state index >= 15 is 0 Å². The summed E-state index contributed by atoms with van der Waals surface area (Å²) >= 11 is 0. The van der Waals surface area contributed by atoms with E-state index in [0.29, 0.717) is 17.8 Å². The number of nitrogens with zero attached hydrogens (tertiary/aromatic N) is 1. The lowest BCUT2D eigenvalue weighted by atomic mass is 9.91. The summed E-state index contributed by atoms with van der Waals surface area (Å²) in [6.07, 6.45) is 3.71. The van der Waals surface area contributed by atoms with Crippen molar-refractivity contribution in [3.05, 3.63) is 66.0 Å². The van der Waals surface area contributed by atoms with E-state index in [1.54, 1.807) is 0 Å². The summed E-state index contributed by atoms with van der Waals surface area (Å²) in [5.41, 5.74) is 2.83. The van der Waals surface area contributed by atoms with Gasteiger partial charge in [-0.25, -0.2) is 0 Å². The second-order valence-corrected chi connectivity index (χ2v) is 6.76. The van der Waals surface area contributed by atoms with Crippen LogP contribution in [0.2, 0.25) is 0 Å². The molecule has 1 aromatic heterocycles. The Morgan fingerprint density at radius 1 is 0.591 bits per heavy atom. The van der Waals surface area contributed by atoms with Crippen molar-refractivity contribution in [3.63, 3.8) is 0 Å². The minimum Gasteiger partial charge on any atom is -0.265 e. The zero-order valence-corrected chi connectivity index (χ0v) is 15.0. The lowest BCUT2D eigenvalue weighted by molar-refractivity contribution is 0.534. The Morgan fingerprint density at radius 2 is 1.00 bits per heavy atom. The van der Waals surface area contributed by atoms with E-state index in [-0.39, 0.29) is 0 Å². The van der Waals surface area contributed by atoms with Crippen molar-refractivity contribution in [1.82, 2.24) is 4.98 Å². The molecule has 0 saturated carbocycles. The van der Waals surface area contributed by atoms with Crippen molar-refractivity contribution >= 4 is 0 Å². The highest BCUT2D eigenvalue weighted by Gasteiger charge is 2.08. The standard InChI is InChI=1S/C11H16.C10H15N/c1-9(2)10(3)11-7-5-4-6-8-11;1-8(2)9(3)10-4-6-11-7-5-10/h4-10H,1-3H3;4-9H,1-3H3/t10-;9-/m11/s1. The van der Waals surface area contributed by atoms with Crippen LogP contribution in [0, 0.1) is 11.8 Å². The summed E-state index contributed by atoms with van der Waals surface area (Å²) in [5.74, 6) is 2.75. The number of rotatable bonds is 4. The predicted octanol–water partition coefficient (Wildman–Crippen LogP) is 6.29. The molecular formula is C21H31N. The number of hydrogen-bond acceptors (Lipinski definition) is 1. The molecule has 0 saturated heterocycles. The van der Waals surface area contributed by atoms with Crippen LogP contribution in [0.3, 0.4) is 0 Å². The number of benzene rings is 1. The summed E-state index contributed by atoms with van der Waals surface area (Å²) in [6.45, 7) is 13.5. The van der Waals surface area contributed by atoms with E-state index in [1.807, 2.05) is 12.4 Å². The van der Waals surface area contributed by atoms with Crippen molar-refractivity contribution in [3.8, 4) is 0 Å². The molecule has 0 radical (unpaired) electrons. The molecule has 0 amide bonds. The maximum absolute atomic E-state index is 3.99. The molecule has 2 aromatic rings. The van der Waals surface area contributed by atoms with Gasteiger partial charge in [-0.05, 0) is 46.9 Å². The van der Waals surface area contributed by atoms with Gasteiger partial charge in [-0.15, -0.1) is 0 Å². The second-order valence-electron chi connectivity index (χ2n) is 6.76. The van der Waals surface area contributed by atoms with E-state index in [0.717, 1.165) is 5.92 Å². The van der Waals surface area contributed by atoms with Gasteiger partial charge in [0.05, 0.1) is 0 Å². The van der Waals surface area contributed by atoms with E-state index in [9.17, 15) is 0 Å². The van der Waals surface area contributed by atoms with Gasteiger partial charge in [-0.3, -0.25) is 4.98 Å². The summed E-state index contributed by atoms with van der Waals surface area (Å²) in [7, 11) is 0. The van der Waals surface area contributed by atoms with Crippen LogP contribution in [-0.4, -0.2) is 4.98 Å². The molecule has 0 spiro atoms. The fourth-order valence-electron chi connectivity index (χ4n) is 2.19. The number of hydrogen-bond donors (Lipinski definition) is 0. The van der Waals surface area contributed by atoms with Crippen LogP contribution in [0.5, 0.6) is 0 Å². The minimum atomic E-state index is 0.637. The molecule has 0 aliphatic carbocycles. The third kappa shape index (κ3) is 6.01. The van der Waals surface area contributed by atoms with Crippen LogP contribution in [-0.2, 0) is 0 Å². The van der Waals surface area contributed by atoms with Gasteiger partial charge in [0.1, 0.15) is 0 Å². The third-order valence-corrected chi connectivity index (χ3v) is 4.56. The molecule has 120 valence electrons.